The number of aliphatic carboxylic acids is 2. The summed E-state index contributed by atoms with van der Waals surface area (Å²) in [6.07, 6.45) is -1.22. The average molecular weight is 353 g/mol. The molecule has 0 radical (unpaired) electrons. The van der Waals surface area contributed by atoms with E-state index in [1.54, 1.807) is 0 Å². The number of rotatable bonds is 6. The Bertz CT molecular complexity index is 826. The lowest BCUT2D eigenvalue weighted by molar-refractivity contribution is -0.143. The molecule has 5 N–H and O–H groups in total. The molecule has 12 heteroatoms. The monoisotopic (exact) mass is 353 g/mol. The molecule has 1 aromatic carbocycles. The van der Waals surface area contributed by atoms with Crippen LogP contribution in [0.4, 0.5) is 5.69 Å². The van der Waals surface area contributed by atoms with Crippen LogP contribution >= 0.6 is 0 Å². The van der Waals surface area contributed by atoms with Crippen LogP contribution in [0.2, 0.25) is 0 Å². The van der Waals surface area contributed by atoms with Gasteiger partial charge in [-0.05, 0) is 18.2 Å². The summed E-state index contributed by atoms with van der Waals surface area (Å²) in [5.41, 5.74) is 4.84. The molecule has 0 aliphatic rings. The zero-order valence-corrected chi connectivity index (χ0v) is 12.3. The molecule has 0 saturated carbocycles. The summed E-state index contributed by atoms with van der Waals surface area (Å²) in [4.78, 5) is 19.8. The molecule has 122 valence electrons. The first-order valence-corrected chi connectivity index (χ1v) is 8.41. The molecule has 22 heavy (non-hydrogen) atoms. The van der Waals surface area contributed by atoms with Crippen LogP contribution in [0, 0.1) is 0 Å². The van der Waals surface area contributed by atoms with E-state index in [0.717, 1.165) is 12.1 Å². The smallest absolute Gasteiger partial charge is 0.322 e. The predicted octanol–water partition coefficient (Wildman–Crippen LogP) is -0.783. The fourth-order valence-corrected chi connectivity index (χ4v) is 3.78. The number of carbonyl (C=O) groups is 2. The maximum atomic E-state index is 12.1. The van der Waals surface area contributed by atoms with Crippen LogP contribution < -0.4 is 5.73 Å². The number of carboxylic acids is 2. The van der Waals surface area contributed by atoms with Gasteiger partial charge in [0.2, 0.25) is 0 Å². The standard InChI is InChI=1S/C10H11NO9S2/c11-6-2-1-5(3-7(6)22(18,19)20)21(16,17)8(10(14)15)4-9(12)13/h1-3,8H,4,11H2,(H,12,13)(H,14,15)(H,18,19,20). The van der Waals surface area contributed by atoms with Gasteiger partial charge in [-0.1, -0.05) is 0 Å². The van der Waals surface area contributed by atoms with E-state index >= 15 is 0 Å². The van der Waals surface area contributed by atoms with Gasteiger partial charge in [-0.3, -0.25) is 14.1 Å². The Labute approximate surface area is 124 Å². The molecule has 0 aliphatic heterocycles. The molecule has 0 amide bonds. The fourth-order valence-electron chi connectivity index (χ4n) is 1.57. The van der Waals surface area contributed by atoms with Crippen LogP contribution in [0.1, 0.15) is 6.42 Å². The highest BCUT2D eigenvalue weighted by Gasteiger charge is 2.36. The summed E-state index contributed by atoms with van der Waals surface area (Å²) in [5, 5.41) is 15.1. The van der Waals surface area contributed by atoms with Crippen molar-refractivity contribution in [3.8, 4) is 0 Å². The van der Waals surface area contributed by atoms with Gasteiger partial charge < -0.3 is 15.9 Å². The number of nitrogens with two attached hydrogens (primary N) is 1. The van der Waals surface area contributed by atoms with Gasteiger partial charge >= 0.3 is 11.9 Å². The van der Waals surface area contributed by atoms with Crippen molar-refractivity contribution >= 4 is 37.6 Å². The van der Waals surface area contributed by atoms with Gasteiger partial charge in [0.15, 0.2) is 15.1 Å². The van der Waals surface area contributed by atoms with Crippen molar-refractivity contribution in [1.82, 2.24) is 0 Å². The number of sulfone groups is 1. The molecule has 0 saturated heterocycles. The normalized spacial score (nSPS) is 13.5. The number of hydrogen-bond acceptors (Lipinski definition) is 7. The van der Waals surface area contributed by atoms with Crippen LogP contribution in [-0.2, 0) is 29.5 Å². The molecule has 0 aromatic heterocycles. The van der Waals surface area contributed by atoms with Gasteiger partial charge in [0.25, 0.3) is 10.1 Å². The lowest BCUT2D eigenvalue weighted by Gasteiger charge is -2.13. The van der Waals surface area contributed by atoms with E-state index in [2.05, 4.69) is 0 Å². The first kappa shape index (κ1) is 17.9. The Hall–Kier alpha value is -2.18. The summed E-state index contributed by atoms with van der Waals surface area (Å²) in [6.45, 7) is 0. The molecule has 0 bridgehead atoms. The Kier molecular flexibility index (Phi) is 4.79. The van der Waals surface area contributed by atoms with Gasteiger partial charge in [-0.15, -0.1) is 0 Å². The zero-order valence-electron chi connectivity index (χ0n) is 10.7. The molecule has 1 unspecified atom stereocenters. The topological polar surface area (TPSA) is 189 Å². The Morgan fingerprint density at radius 3 is 2.09 bits per heavy atom. The van der Waals surface area contributed by atoms with Crippen molar-refractivity contribution in [2.75, 3.05) is 5.73 Å². The minimum atomic E-state index is -4.84. The highest BCUT2D eigenvalue weighted by molar-refractivity contribution is 7.93. The third-order valence-electron chi connectivity index (χ3n) is 2.60. The molecule has 1 rings (SSSR count). The zero-order chi connectivity index (χ0) is 17.3. The summed E-state index contributed by atoms with van der Waals surface area (Å²) in [5.74, 6) is -3.57. The molecule has 0 fully saturated rings. The number of carboxylic acid groups (broad SMARTS) is 2. The minimum Gasteiger partial charge on any atom is -0.481 e. The Morgan fingerprint density at radius 1 is 1.14 bits per heavy atom. The quantitative estimate of drug-likeness (QED) is 0.372. The first-order chi connectivity index (χ1) is 9.87. The van der Waals surface area contributed by atoms with Crippen molar-refractivity contribution in [3.05, 3.63) is 18.2 Å². The van der Waals surface area contributed by atoms with E-state index in [4.69, 9.17) is 20.5 Å². The Balaban J connectivity index is 3.52. The van der Waals surface area contributed by atoms with Crippen LogP contribution in [0.25, 0.3) is 0 Å². The second-order valence-corrected chi connectivity index (χ2v) is 7.66. The predicted molar refractivity (Wildman–Crippen MR) is 71.5 cm³/mol. The van der Waals surface area contributed by atoms with Crippen molar-refractivity contribution in [1.29, 1.82) is 0 Å². The second kappa shape index (κ2) is 5.90. The van der Waals surface area contributed by atoms with Crippen molar-refractivity contribution in [2.45, 2.75) is 21.5 Å². The molecule has 0 heterocycles. The number of nitrogen functional groups attached to an aromatic ring is 1. The van der Waals surface area contributed by atoms with Crippen LogP contribution in [0.5, 0.6) is 0 Å². The van der Waals surface area contributed by atoms with Crippen LogP contribution in [-0.4, -0.2) is 48.8 Å². The molecule has 1 aromatic rings. The average Bonchev–Trinajstić information content (AvgIpc) is 2.34. The summed E-state index contributed by atoms with van der Waals surface area (Å²) >= 11 is 0. The van der Waals surface area contributed by atoms with E-state index in [9.17, 15) is 26.4 Å². The molecular formula is C10H11NO9S2. The third-order valence-corrected chi connectivity index (χ3v) is 5.54. The highest BCUT2D eigenvalue weighted by atomic mass is 32.2. The number of benzene rings is 1. The van der Waals surface area contributed by atoms with Crippen molar-refractivity contribution < 1.29 is 41.2 Å². The van der Waals surface area contributed by atoms with Gasteiger partial charge in [-0.25, -0.2) is 8.42 Å². The van der Waals surface area contributed by atoms with Crippen molar-refractivity contribution in [3.63, 3.8) is 0 Å². The highest BCUT2D eigenvalue weighted by Crippen LogP contribution is 2.26. The van der Waals surface area contributed by atoms with E-state index < -0.39 is 59.0 Å². The van der Waals surface area contributed by atoms with Gasteiger partial charge in [-0.2, -0.15) is 8.42 Å². The Morgan fingerprint density at radius 2 is 1.68 bits per heavy atom. The summed E-state index contributed by atoms with van der Waals surface area (Å²) in [6, 6.07) is 2.13. The number of hydrogen-bond donors (Lipinski definition) is 4. The fraction of sp³-hybridized carbons (Fsp3) is 0.200. The van der Waals surface area contributed by atoms with E-state index in [0.29, 0.717) is 6.07 Å². The van der Waals surface area contributed by atoms with E-state index in [1.807, 2.05) is 0 Å². The first-order valence-electron chi connectivity index (χ1n) is 5.43. The van der Waals surface area contributed by atoms with E-state index in [-0.39, 0.29) is 0 Å². The number of anilines is 1. The lowest BCUT2D eigenvalue weighted by atomic mass is 10.3. The van der Waals surface area contributed by atoms with Crippen molar-refractivity contribution in [2.24, 2.45) is 0 Å². The lowest BCUT2D eigenvalue weighted by Crippen LogP contribution is -2.32. The van der Waals surface area contributed by atoms with Gasteiger partial charge in [0, 0.05) is 0 Å². The molecule has 0 aliphatic carbocycles. The summed E-state index contributed by atoms with van der Waals surface area (Å²) in [7, 11) is -9.54. The van der Waals surface area contributed by atoms with Crippen LogP contribution in [0.3, 0.4) is 0 Å². The van der Waals surface area contributed by atoms with Gasteiger partial charge in [0.05, 0.1) is 17.0 Å². The maximum absolute atomic E-state index is 12.1. The minimum absolute atomic E-state index is 0.452. The third kappa shape index (κ3) is 3.72. The molecular weight excluding hydrogens is 342 g/mol. The van der Waals surface area contributed by atoms with Crippen LogP contribution in [0.15, 0.2) is 28.0 Å². The SMILES string of the molecule is Nc1ccc(S(=O)(=O)C(CC(=O)O)C(=O)O)cc1S(=O)(=O)O. The van der Waals surface area contributed by atoms with Gasteiger partial charge in [0.1, 0.15) is 4.90 Å². The molecule has 0 spiro atoms. The summed E-state index contributed by atoms with van der Waals surface area (Å²) < 4.78 is 55.4. The molecule has 10 nitrogen and oxygen atoms in total. The maximum Gasteiger partial charge on any atom is 0.322 e. The second-order valence-electron chi connectivity index (χ2n) is 4.14. The largest absolute Gasteiger partial charge is 0.481 e. The molecule has 1 atom stereocenters. The van der Waals surface area contributed by atoms with E-state index in [1.165, 1.54) is 0 Å².